The summed E-state index contributed by atoms with van der Waals surface area (Å²) in [6.45, 7) is 0.830. The highest BCUT2D eigenvalue weighted by Crippen LogP contribution is 2.30. The highest BCUT2D eigenvalue weighted by Gasteiger charge is 2.06. The predicted octanol–water partition coefficient (Wildman–Crippen LogP) is 4.25. The van der Waals surface area contributed by atoms with Gasteiger partial charge in [0.05, 0.1) is 25.9 Å². The molecular weight excluding hydrogens is 298 g/mol. The Kier molecular flexibility index (Phi) is 3.59. The van der Waals surface area contributed by atoms with E-state index in [-0.39, 0.29) is 0 Å². The van der Waals surface area contributed by atoms with Crippen LogP contribution in [0.25, 0.3) is 10.2 Å². The number of nitrogens with two attached hydrogens (primary N) is 1. The number of nitrogen functional groups attached to an aromatic ring is 1. The maximum Gasteiger partial charge on any atom is 0.106 e. The molecule has 0 aliphatic heterocycles. The lowest BCUT2D eigenvalue weighted by Crippen LogP contribution is -2.06. The second kappa shape index (κ2) is 5.36. The molecular formula is C13H12ClN3S2. The molecule has 6 heteroatoms. The van der Waals surface area contributed by atoms with E-state index in [9.17, 15) is 0 Å². The first-order chi connectivity index (χ1) is 9.24. The van der Waals surface area contributed by atoms with Crippen molar-refractivity contribution in [1.82, 2.24) is 4.98 Å². The molecule has 2 aromatic heterocycles. The van der Waals surface area contributed by atoms with Crippen LogP contribution in [0, 0.1) is 0 Å². The van der Waals surface area contributed by atoms with E-state index in [2.05, 4.69) is 16.4 Å². The first-order valence-corrected chi connectivity index (χ1v) is 7.91. The average Bonchev–Trinajstić information content (AvgIpc) is 3.01. The maximum atomic E-state index is 6.11. The van der Waals surface area contributed by atoms with Crippen LogP contribution in [0.1, 0.15) is 4.88 Å². The highest BCUT2D eigenvalue weighted by molar-refractivity contribution is 7.17. The van der Waals surface area contributed by atoms with Crippen molar-refractivity contribution in [2.45, 2.75) is 6.42 Å². The normalized spacial score (nSPS) is 11.0. The zero-order chi connectivity index (χ0) is 13.2. The molecule has 0 bridgehead atoms. The maximum absolute atomic E-state index is 6.11. The topological polar surface area (TPSA) is 50.9 Å². The molecule has 19 heavy (non-hydrogen) atoms. The highest BCUT2D eigenvalue weighted by atomic mass is 35.5. The lowest BCUT2D eigenvalue weighted by molar-refractivity contribution is 1.05. The van der Waals surface area contributed by atoms with E-state index < -0.39 is 0 Å². The van der Waals surface area contributed by atoms with Gasteiger partial charge in [-0.2, -0.15) is 0 Å². The second-order valence-electron chi connectivity index (χ2n) is 4.11. The van der Waals surface area contributed by atoms with Gasteiger partial charge in [0.1, 0.15) is 5.52 Å². The molecule has 0 aliphatic carbocycles. The smallest absolute Gasteiger partial charge is 0.106 e. The van der Waals surface area contributed by atoms with Crippen molar-refractivity contribution >= 4 is 55.9 Å². The molecule has 0 radical (unpaired) electrons. The largest absolute Gasteiger partial charge is 0.395 e. The van der Waals surface area contributed by atoms with Crippen molar-refractivity contribution in [2.75, 3.05) is 17.6 Å². The monoisotopic (exact) mass is 309 g/mol. The Bertz CT molecular complexity index is 705. The van der Waals surface area contributed by atoms with E-state index in [1.807, 2.05) is 23.7 Å². The lowest BCUT2D eigenvalue weighted by Gasteiger charge is -2.08. The number of rotatable bonds is 4. The van der Waals surface area contributed by atoms with Gasteiger partial charge in [-0.15, -0.1) is 22.7 Å². The molecule has 0 aliphatic rings. The van der Waals surface area contributed by atoms with Gasteiger partial charge >= 0.3 is 0 Å². The second-order valence-corrected chi connectivity index (χ2v) is 6.79. The molecule has 3 aromatic rings. The van der Waals surface area contributed by atoms with Gasteiger partial charge in [-0.3, -0.25) is 0 Å². The molecule has 0 amide bonds. The van der Waals surface area contributed by atoms with Gasteiger partial charge in [-0.25, -0.2) is 4.98 Å². The Morgan fingerprint density at radius 2 is 2.16 bits per heavy atom. The van der Waals surface area contributed by atoms with Gasteiger partial charge in [0.25, 0.3) is 0 Å². The van der Waals surface area contributed by atoms with Crippen molar-refractivity contribution in [2.24, 2.45) is 0 Å². The molecule has 0 fully saturated rings. The van der Waals surface area contributed by atoms with E-state index in [0.717, 1.165) is 38.9 Å². The van der Waals surface area contributed by atoms with Crippen LogP contribution in [0.15, 0.2) is 29.8 Å². The van der Waals surface area contributed by atoms with Crippen molar-refractivity contribution < 1.29 is 0 Å². The fraction of sp³-hybridized carbons (Fsp3) is 0.154. The minimum Gasteiger partial charge on any atom is -0.395 e. The van der Waals surface area contributed by atoms with E-state index in [1.165, 1.54) is 4.88 Å². The standard InChI is InChI=1S/C13H12ClN3S2/c14-11-4-1-8(19-11)5-6-16-9-2-3-10-13(12(9)15)17-7-18-10/h1-4,7,16H,5-6,15H2. The Hall–Kier alpha value is -1.30. The summed E-state index contributed by atoms with van der Waals surface area (Å²) in [6, 6.07) is 8.05. The van der Waals surface area contributed by atoms with Crippen LogP contribution >= 0.6 is 34.3 Å². The zero-order valence-corrected chi connectivity index (χ0v) is 12.4. The summed E-state index contributed by atoms with van der Waals surface area (Å²) < 4.78 is 1.95. The summed E-state index contributed by atoms with van der Waals surface area (Å²) in [7, 11) is 0. The minimum atomic E-state index is 0.725. The van der Waals surface area contributed by atoms with Crippen LogP contribution in [0.3, 0.4) is 0 Å². The molecule has 2 heterocycles. The predicted molar refractivity (Wildman–Crippen MR) is 85.6 cm³/mol. The van der Waals surface area contributed by atoms with Crippen molar-refractivity contribution in [3.8, 4) is 0 Å². The number of thiazole rings is 1. The van der Waals surface area contributed by atoms with Crippen LogP contribution in [-0.2, 0) is 6.42 Å². The van der Waals surface area contributed by atoms with Crippen LogP contribution in [0.4, 0.5) is 11.4 Å². The number of halogens is 1. The zero-order valence-electron chi connectivity index (χ0n) is 10.0. The summed E-state index contributed by atoms with van der Waals surface area (Å²) in [4.78, 5) is 5.56. The van der Waals surface area contributed by atoms with Crippen LogP contribution in [0.2, 0.25) is 4.34 Å². The van der Waals surface area contributed by atoms with Crippen molar-refractivity contribution in [1.29, 1.82) is 0 Å². The van der Waals surface area contributed by atoms with Gasteiger partial charge in [0.2, 0.25) is 0 Å². The number of anilines is 2. The molecule has 0 atom stereocenters. The Morgan fingerprint density at radius 3 is 2.95 bits per heavy atom. The van der Waals surface area contributed by atoms with E-state index in [1.54, 1.807) is 22.7 Å². The minimum absolute atomic E-state index is 0.725. The Balaban J connectivity index is 1.69. The number of aromatic nitrogens is 1. The summed E-state index contributed by atoms with van der Waals surface area (Å²) >= 11 is 9.12. The van der Waals surface area contributed by atoms with Gasteiger partial charge in [0.15, 0.2) is 0 Å². The van der Waals surface area contributed by atoms with Gasteiger partial charge < -0.3 is 11.1 Å². The van der Waals surface area contributed by atoms with Crippen molar-refractivity contribution in [3.05, 3.63) is 39.0 Å². The average molecular weight is 310 g/mol. The van der Waals surface area contributed by atoms with Crippen LogP contribution in [0.5, 0.6) is 0 Å². The molecule has 0 spiro atoms. The third-order valence-corrected chi connectivity index (χ3v) is 4.94. The fourth-order valence-electron chi connectivity index (χ4n) is 1.91. The van der Waals surface area contributed by atoms with Gasteiger partial charge in [-0.1, -0.05) is 11.6 Å². The van der Waals surface area contributed by atoms with E-state index in [4.69, 9.17) is 17.3 Å². The number of benzene rings is 1. The Morgan fingerprint density at radius 1 is 1.26 bits per heavy atom. The summed E-state index contributed by atoms with van der Waals surface area (Å²) in [5, 5.41) is 3.36. The summed E-state index contributed by atoms with van der Waals surface area (Å²) in [5.41, 5.74) is 10.5. The lowest BCUT2D eigenvalue weighted by atomic mass is 10.2. The van der Waals surface area contributed by atoms with Crippen LogP contribution < -0.4 is 11.1 Å². The Labute approximate surface area is 124 Å². The summed E-state index contributed by atoms with van der Waals surface area (Å²) in [6.07, 6.45) is 0.936. The van der Waals surface area contributed by atoms with E-state index in [0.29, 0.717) is 0 Å². The number of hydrogen-bond donors (Lipinski definition) is 2. The molecule has 98 valence electrons. The van der Waals surface area contributed by atoms with Gasteiger partial charge in [0, 0.05) is 11.4 Å². The first kappa shape index (κ1) is 12.7. The number of hydrogen-bond acceptors (Lipinski definition) is 5. The molecule has 0 saturated heterocycles. The van der Waals surface area contributed by atoms with Crippen molar-refractivity contribution in [3.63, 3.8) is 0 Å². The van der Waals surface area contributed by atoms with Crippen LogP contribution in [-0.4, -0.2) is 11.5 Å². The first-order valence-electron chi connectivity index (χ1n) is 5.84. The SMILES string of the molecule is Nc1c(NCCc2ccc(Cl)s2)ccc2scnc12. The third-order valence-electron chi connectivity index (χ3n) is 2.86. The molecule has 3 rings (SSSR count). The number of fused-ring (bicyclic) bond motifs is 1. The number of nitrogens with zero attached hydrogens (tertiary/aromatic N) is 1. The molecule has 3 nitrogen and oxygen atoms in total. The number of nitrogens with one attached hydrogen (secondary N) is 1. The molecule has 1 aromatic carbocycles. The fourth-order valence-corrected chi connectivity index (χ4v) is 3.69. The van der Waals surface area contributed by atoms with E-state index >= 15 is 0 Å². The molecule has 0 saturated carbocycles. The quantitative estimate of drug-likeness (QED) is 0.708. The third kappa shape index (κ3) is 2.68. The molecule has 0 unspecified atom stereocenters. The van der Waals surface area contributed by atoms with Gasteiger partial charge in [-0.05, 0) is 30.7 Å². The molecule has 3 N–H and O–H groups in total. The number of thiophene rings is 1. The summed E-state index contributed by atoms with van der Waals surface area (Å²) in [5.74, 6) is 0.